The predicted molar refractivity (Wildman–Crippen MR) is 107 cm³/mol. The van der Waals surface area contributed by atoms with Crippen LogP contribution in [0.5, 0.6) is 0 Å². The minimum atomic E-state index is -0.158. The van der Waals surface area contributed by atoms with Gasteiger partial charge in [0.1, 0.15) is 0 Å². The second-order valence-corrected chi connectivity index (χ2v) is 7.86. The molecule has 0 saturated carbocycles. The third-order valence-corrected chi connectivity index (χ3v) is 5.86. The summed E-state index contributed by atoms with van der Waals surface area (Å²) in [6, 6.07) is 14.5. The Balaban J connectivity index is 1.52. The first-order valence-electron chi connectivity index (χ1n) is 9.98. The lowest BCUT2D eigenvalue weighted by molar-refractivity contribution is -0.135. The van der Waals surface area contributed by atoms with Gasteiger partial charge in [0.15, 0.2) is 0 Å². The highest BCUT2D eigenvalue weighted by atomic mass is 16.5. The Morgan fingerprint density at radius 2 is 1.93 bits per heavy atom. The van der Waals surface area contributed by atoms with E-state index in [9.17, 15) is 4.79 Å². The topological polar surface area (TPSA) is 64.3 Å². The Bertz CT molecular complexity index is 816. The van der Waals surface area contributed by atoms with Gasteiger partial charge in [0.25, 0.3) is 0 Å². The van der Waals surface area contributed by atoms with E-state index in [1.165, 1.54) is 16.7 Å². The zero-order chi connectivity index (χ0) is 18.8. The van der Waals surface area contributed by atoms with Crippen molar-refractivity contribution in [3.05, 3.63) is 64.7 Å². The van der Waals surface area contributed by atoms with E-state index in [1.54, 1.807) is 0 Å². The molecule has 2 aliphatic rings. The van der Waals surface area contributed by atoms with E-state index in [0.29, 0.717) is 6.61 Å². The van der Waals surface area contributed by atoms with Crippen molar-refractivity contribution in [2.24, 2.45) is 5.92 Å². The maximum Gasteiger partial charge on any atom is 0.226 e. The van der Waals surface area contributed by atoms with E-state index in [4.69, 9.17) is 10.5 Å². The van der Waals surface area contributed by atoms with Gasteiger partial charge in [0, 0.05) is 12.3 Å². The van der Waals surface area contributed by atoms with Crippen molar-refractivity contribution < 1.29 is 9.53 Å². The van der Waals surface area contributed by atoms with Gasteiger partial charge >= 0.3 is 0 Å². The highest BCUT2D eigenvalue weighted by Crippen LogP contribution is 2.36. The van der Waals surface area contributed by atoms with Crippen LogP contribution in [0.3, 0.4) is 0 Å². The molecule has 1 aliphatic carbocycles. The molecule has 3 N–H and O–H groups in total. The molecular weight excluding hydrogens is 336 g/mol. The Labute approximate surface area is 161 Å². The lowest BCUT2D eigenvalue weighted by Crippen LogP contribution is -2.40. The number of aryl methyl sites for hydroxylation is 2. The molecule has 2 aromatic carbocycles. The molecule has 0 aromatic heterocycles. The molecule has 3 atom stereocenters. The molecule has 2 aromatic rings. The third-order valence-electron chi connectivity index (χ3n) is 5.86. The molecule has 3 unspecified atom stereocenters. The molecule has 4 rings (SSSR count). The number of fused-ring (bicyclic) bond motifs is 1. The van der Waals surface area contributed by atoms with Gasteiger partial charge < -0.3 is 15.8 Å². The first-order valence-corrected chi connectivity index (χ1v) is 9.98. The number of carbonyl (C=O) groups excluding carboxylic acids is 1. The minimum absolute atomic E-state index is 0.0717. The van der Waals surface area contributed by atoms with Gasteiger partial charge in [-0.25, -0.2) is 0 Å². The second-order valence-electron chi connectivity index (χ2n) is 7.86. The molecule has 1 fully saturated rings. The SMILES string of the molecule is Cc1ccc(C2OCCCC2C(=O)NC2CCCc3cc(N)ccc32)cc1. The average molecular weight is 364 g/mol. The number of hydrogen-bond acceptors (Lipinski definition) is 3. The highest BCUT2D eigenvalue weighted by Gasteiger charge is 2.34. The number of amides is 1. The summed E-state index contributed by atoms with van der Waals surface area (Å²) in [4.78, 5) is 13.2. The molecule has 27 heavy (non-hydrogen) atoms. The summed E-state index contributed by atoms with van der Waals surface area (Å²) in [5.74, 6) is -0.0319. The number of anilines is 1. The largest absolute Gasteiger partial charge is 0.399 e. The number of nitrogens with one attached hydrogen (secondary N) is 1. The van der Waals surface area contributed by atoms with E-state index in [-0.39, 0.29) is 24.0 Å². The van der Waals surface area contributed by atoms with Crippen molar-refractivity contribution >= 4 is 11.6 Å². The van der Waals surface area contributed by atoms with Gasteiger partial charge in [-0.15, -0.1) is 0 Å². The molecule has 1 amide bonds. The average Bonchev–Trinajstić information content (AvgIpc) is 2.68. The fourth-order valence-electron chi connectivity index (χ4n) is 4.40. The number of benzene rings is 2. The van der Waals surface area contributed by atoms with Gasteiger partial charge in [-0.3, -0.25) is 4.79 Å². The van der Waals surface area contributed by atoms with Crippen LogP contribution in [-0.4, -0.2) is 12.5 Å². The van der Waals surface area contributed by atoms with Gasteiger partial charge in [-0.05, 0) is 67.9 Å². The van der Waals surface area contributed by atoms with E-state index < -0.39 is 0 Å². The summed E-state index contributed by atoms with van der Waals surface area (Å²) in [7, 11) is 0. The molecule has 0 bridgehead atoms. The Hall–Kier alpha value is -2.33. The molecular formula is C23H28N2O2. The lowest BCUT2D eigenvalue weighted by Gasteiger charge is -2.34. The van der Waals surface area contributed by atoms with Crippen molar-refractivity contribution in [3.63, 3.8) is 0 Å². The van der Waals surface area contributed by atoms with Crippen LogP contribution < -0.4 is 11.1 Å². The van der Waals surface area contributed by atoms with Crippen molar-refractivity contribution in [2.45, 2.75) is 51.2 Å². The predicted octanol–water partition coefficient (Wildman–Crippen LogP) is 4.24. The van der Waals surface area contributed by atoms with Crippen LogP contribution in [0.1, 0.15) is 60.1 Å². The fourth-order valence-corrected chi connectivity index (χ4v) is 4.40. The molecule has 1 saturated heterocycles. The van der Waals surface area contributed by atoms with Crippen LogP contribution in [0.4, 0.5) is 5.69 Å². The van der Waals surface area contributed by atoms with Crippen molar-refractivity contribution in [1.82, 2.24) is 5.32 Å². The number of rotatable bonds is 3. The van der Waals surface area contributed by atoms with Gasteiger partial charge in [0.05, 0.1) is 18.1 Å². The monoisotopic (exact) mass is 364 g/mol. The Morgan fingerprint density at radius 3 is 2.74 bits per heavy atom. The smallest absolute Gasteiger partial charge is 0.226 e. The van der Waals surface area contributed by atoms with E-state index in [1.807, 2.05) is 12.1 Å². The Morgan fingerprint density at radius 1 is 1.11 bits per heavy atom. The number of nitrogens with two attached hydrogens (primary N) is 1. The summed E-state index contributed by atoms with van der Waals surface area (Å²) in [5.41, 5.74) is 11.5. The van der Waals surface area contributed by atoms with Crippen LogP contribution in [-0.2, 0) is 16.0 Å². The van der Waals surface area contributed by atoms with E-state index >= 15 is 0 Å². The molecule has 142 valence electrons. The van der Waals surface area contributed by atoms with Crippen LogP contribution in [0.15, 0.2) is 42.5 Å². The number of ether oxygens (including phenoxy) is 1. The molecule has 4 nitrogen and oxygen atoms in total. The standard InChI is InChI=1S/C23H28N2O2/c1-15-7-9-16(10-8-15)22-20(5-3-13-27-22)23(26)25-21-6-2-4-17-14-18(24)11-12-19(17)21/h7-12,14,20-22H,2-6,13,24H2,1H3,(H,25,26). The first-order chi connectivity index (χ1) is 13.1. The van der Waals surface area contributed by atoms with Crippen molar-refractivity contribution in [2.75, 3.05) is 12.3 Å². The van der Waals surface area contributed by atoms with Crippen molar-refractivity contribution in [1.29, 1.82) is 0 Å². The normalized spacial score (nSPS) is 24.9. The maximum atomic E-state index is 13.2. The van der Waals surface area contributed by atoms with Gasteiger partial charge in [0.2, 0.25) is 5.91 Å². The fraction of sp³-hybridized carbons (Fsp3) is 0.435. The van der Waals surface area contributed by atoms with Crippen molar-refractivity contribution in [3.8, 4) is 0 Å². The molecule has 0 spiro atoms. The molecule has 4 heteroatoms. The van der Waals surface area contributed by atoms with Gasteiger partial charge in [-0.1, -0.05) is 35.9 Å². The summed E-state index contributed by atoms with van der Waals surface area (Å²) in [6.07, 6.45) is 4.72. The number of hydrogen-bond donors (Lipinski definition) is 2. The van der Waals surface area contributed by atoms with Gasteiger partial charge in [-0.2, -0.15) is 0 Å². The van der Waals surface area contributed by atoms with E-state index in [0.717, 1.165) is 43.4 Å². The second kappa shape index (κ2) is 7.73. The van der Waals surface area contributed by atoms with E-state index in [2.05, 4.69) is 42.6 Å². The zero-order valence-corrected chi connectivity index (χ0v) is 15.9. The summed E-state index contributed by atoms with van der Waals surface area (Å²) in [6.45, 7) is 2.79. The summed E-state index contributed by atoms with van der Waals surface area (Å²) >= 11 is 0. The Kier molecular flexibility index (Phi) is 5.17. The lowest BCUT2D eigenvalue weighted by atomic mass is 9.85. The highest BCUT2D eigenvalue weighted by molar-refractivity contribution is 5.80. The molecule has 1 heterocycles. The molecule has 0 radical (unpaired) electrons. The third kappa shape index (κ3) is 3.86. The van der Waals surface area contributed by atoms with Crippen LogP contribution >= 0.6 is 0 Å². The molecule has 1 aliphatic heterocycles. The quantitative estimate of drug-likeness (QED) is 0.801. The summed E-state index contributed by atoms with van der Waals surface area (Å²) in [5, 5.41) is 3.32. The maximum absolute atomic E-state index is 13.2. The number of carbonyl (C=O) groups is 1. The van der Waals surface area contributed by atoms with Crippen LogP contribution in [0.2, 0.25) is 0 Å². The zero-order valence-electron chi connectivity index (χ0n) is 15.9. The first kappa shape index (κ1) is 18.1. The summed E-state index contributed by atoms with van der Waals surface area (Å²) < 4.78 is 6.03. The van der Waals surface area contributed by atoms with Crippen LogP contribution in [0.25, 0.3) is 0 Å². The van der Waals surface area contributed by atoms with Crippen LogP contribution in [0, 0.1) is 12.8 Å². The number of nitrogen functional groups attached to an aromatic ring is 1. The minimum Gasteiger partial charge on any atom is -0.399 e.